The number of hydrogen-bond acceptors (Lipinski definition) is 7. The molecular weight excluding hydrogens is 340 g/mol. The summed E-state index contributed by atoms with van der Waals surface area (Å²) in [5.41, 5.74) is 5.95. The molecule has 130 valence electrons. The summed E-state index contributed by atoms with van der Waals surface area (Å²) in [6.07, 6.45) is 1.87. The van der Waals surface area contributed by atoms with Crippen molar-refractivity contribution in [1.82, 2.24) is 9.97 Å². The maximum Gasteiger partial charge on any atom is 0.223 e. The van der Waals surface area contributed by atoms with Gasteiger partial charge in [-0.15, -0.1) is 0 Å². The van der Waals surface area contributed by atoms with E-state index in [2.05, 4.69) is 15.3 Å². The van der Waals surface area contributed by atoms with Crippen LogP contribution in [0.1, 0.15) is 46.5 Å². The van der Waals surface area contributed by atoms with Gasteiger partial charge in [0.05, 0.1) is 16.5 Å². The molecular formula is C17H18N4O3S. The number of ketones is 2. The van der Waals surface area contributed by atoms with Crippen LogP contribution in [0.4, 0.5) is 10.9 Å². The maximum absolute atomic E-state index is 13.0. The van der Waals surface area contributed by atoms with E-state index in [4.69, 9.17) is 5.73 Å². The fraction of sp³-hybridized carbons (Fsp3) is 0.353. The lowest BCUT2D eigenvalue weighted by Crippen LogP contribution is -2.42. The number of aromatic nitrogens is 2. The largest absolute Gasteiger partial charge is 0.384 e. The molecule has 0 fully saturated rings. The van der Waals surface area contributed by atoms with Crippen molar-refractivity contribution in [2.24, 2.45) is 11.3 Å². The van der Waals surface area contributed by atoms with Gasteiger partial charge in [0.25, 0.3) is 0 Å². The molecule has 3 rings (SSSR count). The normalized spacial score (nSPS) is 18.5. The Morgan fingerprint density at radius 2 is 2.08 bits per heavy atom. The predicted molar refractivity (Wildman–Crippen MR) is 94.7 cm³/mol. The Morgan fingerprint density at radius 3 is 2.68 bits per heavy atom. The first-order valence-corrected chi connectivity index (χ1v) is 8.58. The van der Waals surface area contributed by atoms with Crippen LogP contribution in [0.2, 0.25) is 0 Å². The van der Waals surface area contributed by atoms with E-state index >= 15 is 0 Å². The van der Waals surface area contributed by atoms with Crippen molar-refractivity contribution in [3.63, 3.8) is 0 Å². The number of carbonyl (C=O) groups is 3. The third kappa shape index (κ3) is 3.17. The second-order valence-electron chi connectivity index (χ2n) is 6.77. The van der Waals surface area contributed by atoms with E-state index < -0.39 is 11.3 Å². The Kier molecular flexibility index (Phi) is 4.16. The number of pyridine rings is 1. The highest BCUT2D eigenvalue weighted by Gasteiger charge is 2.47. The second-order valence-corrected chi connectivity index (χ2v) is 7.77. The highest BCUT2D eigenvalue weighted by Crippen LogP contribution is 2.43. The van der Waals surface area contributed by atoms with Crippen LogP contribution in [-0.4, -0.2) is 27.4 Å². The Balaban J connectivity index is 1.99. The van der Waals surface area contributed by atoms with E-state index in [1.807, 2.05) is 13.8 Å². The van der Waals surface area contributed by atoms with Crippen LogP contribution in [0.15, 0.2) is 18.3 Å². The first-order valence-electron chi connectivity index (χ1n) is 7.76. The van der Waals surface area contributed by atoms with Gasteiger partial charge in [-0.3, -0.25) is 14.4 Å². The first kappa shape index (κ1) is 17.2. The quantitative estimate of drug-likeness (QED) is 0.643. The molecule has 8 heteroatoms. The summed E-state index contributed by atoms with van der Waals surface area (Å²) >= 11 is 1.11. The highest BCUT2D eigenvalue weighted by atomic mass is 32.1. The molecule has 1 aliphatic rings. The van der Waals surface area contributed by atoms with E-state index in [9.17, 15) is 14.4 Å². The summed E-state index contributed by atoms with van der Waals surface area (Å²) < 4.78 is 0. The van der Waals surface area contributed by atoms with Gasteiger partial charge in [-0.05, 0) is 24.0 Å². The molecule has 2 aromatic rings. The Bertz CT molecular complexity index is 871. The minimum atomic E-state index is -0.823. The molecule has 0 bridgehead atoms. The number of thiazole rings is 1. The molecule has 1 aliphatic carbocycles. The van der Waals surface area contributed by atoms with E-state index in [0.717, 1.165) is 11.3 Å². The zero-order valence-electron chi connectivity index (χ0n) is 14.1. The van der Waals surface area contributed by atoms with Crippen LogP contribution in [0.3, 0.4) is 0 Å². The van der Waals surface area contributed by atoms with Gasteiger partial charge >= 0.3 is 0 Å². The minimum absolute atomic E-state index is 0.251. The summed E-state index contributed by atoms with van der Waals surface area (Å²) in [5, 5.41) is 2.98. The van der Waals surface area contributed by atoms with Crippen LogP contribution >= 0.6 is 11.3 Å². The molecule has 7 nitrogen and oxygen atoms in total. The van der Waals surface area contributed by atoms with Gasteiger partial charge in [-0.1, -0.05) is 25.2 Å². The Morgan fingerprint density at radius 1 is 1.36 bits per heavy atom. The molecule has 1 unspecified atom stereocenters. The smallest absolute Gasteiger partial charge is 0.223 e. The number of nitrogens with one attached hydrogen (secondary N) is 1. The number of anilines is 2. The van der Waals surface area contributed by atoms with Crippen molar-refractivity contribution >= 4 is 39.8 Å². The summed E-state index contributed by atoms with van der Waals surface area (Å²) in [4.78, 5) is 45.9. The van der Waals surface area contributed by atoms with E-state index in [1.54, 1.807) is 12.1 Å². The number of nitrogens with zero attached hydrogens (tertiary/aromatic N) is 2. The average Bonchev–Trinajstić information content (AvgIpc) is 2.88. The van der Waals surface area contributed by atoms with E-state index in [0.29, 0.717) is 33.5 Å². The highest BCUT2D eigenvalue weighted by molar-refractivity contribution is 7.17. The second kappa shape index (κ2) is 6.03. The Hall–Kier alpha value is -2.61. The first-order chi connectivity index (χ1) is 11.7. The molecule has 0 aromatic carbocycles. The molecule has 1 atom stereocenters. The van der Waals surface area contributed by atoms with Crippen molar-refractivity contribution in [3.05, 3.63) is 34.5 Å². The van der Waals surface area contributed by atoms with Crippen molar-refractivity contribution in [1.29, 1.82) is 0 Å². The van der Waals surface area contributed by atoms with Gasteiger partial charge in [0, 0.05) is 18.7 Å². The van der Waals surface area contributed by atoms with Crippen LogP contribution in [0.25, 0.3) is 0 Å². The monoisotopic (exact) mass is 358 g/mol. The molecule has 2 aromatic heterocycles. The zero-order valence-corrected chi connectivity index (χ0v) is 14.9. The van der Waals surface area contributed by atoms with Gasteiger partial charge in [0.2, 0.25) is 5.91 Å². The number of fused-ring (bicyclic) bond motifs is 1. The zero-order chi connectivity index (χ0) is 18.4. The SMILES string of the molecule is CC(=O)Nc1nc2c(s1)C(=O)C(C(=O)c1ccc(N)nc1)C(C)(C)C2. The average molecular weight is 358 g/mol. The molecule has 0 aliphatic heterocycles. The van der Waals surface area contributed by atoms with E-state index in [-0.39, 0.29) is 17.5 Å². The molecule has 1 amide bonds. The van der Waals surface area contributed by atoms with E-state index in [1.165, 1.54) is 13.1 Å². The number of nitrogens with two attached hydrogens (primary N) is 1. The van der Waals surface area contributed by atoms with Crippen LogP contribution in [0, 0.1) is 11.3 Å². The summed E-state index contributed by atoms with van der Waals surface area (Å²) in [7, 11) is 0. The third-order valence-corrected chi connectivity index (χ3v) is 5.23. The molecule has 3 N–H and O–H groups in total. The number of rotatable bonds is 3. The van der Waals surface area contributed by atoms with Crippen molar-refractivity contribution in [2.45, 2.75) is 27.2 Å². The maximum atomic E-state index is 13.0. The van der Waals surface area contributed by atoms with Crippen molar-refractivity contribution in [3.8, 4) is 0 Å². The molecule has 0 radical (unpaired) electrons. The van der Waals surface area contributed by atoms with Crippen LogP contribution < -0.4 is 11.1 Å². The predicted octanol–water partition coefficient (Wildman–Crippen LogP) is 2.34. The molecule has 0 saturated heterocycles. The van der Waals surface area contributed by atoms with Gasteiger partial charge < -0.3 is 11.1 Å². The fourth-order valence-electron chi connectivity index (χ4n) is 3.08. The van der Waals surface area contributed by atoms with Gasteiger partial charge in [0.1, 0.15) is 5.82 Å². The Labute approximate surface area is 148 Å². The molecule has 0 saturated carbocycles. The fourth-order valence-corrected chi connectivity index (χ4v) is 4.08. The lowest BCUT2D eigenvalue weighted by atomic mass is 9.66. The van der Waals surface area contributed by atoms with Crippen LogP contribution in [-0.2, 0) is 11.2 Å². The third-order valence-electron chi connectivity index (χ3n) is 4.20. The topological polar surface area (TPSA) is 115 Å². The number of hydrogen-bond donors (Lipinski definition) is 2. The molecule has 2 heterocycles. The number of amides is 1. The summed E-state index contributed by atoms with van der Waals surface area (Å²) in [6, 6.07) is 3.12. The standard InChI is InChI=1S/C17H18N4O3S/c1-8(22)20-16-21-10-6-17(2,3)12(14(24)15(10)25-16)13(23)9-4-5-11(18)19-7-9/h4-5,7,12H,6H2,1-3H3,(H2,18,19)(H,20,21,22). The van der Waals surface area contributed by atoms with Crippen LogP contribution in [0.5, 0.6) is 0 Å². The number of Topliss-reactive ketones (excluding diaryl/α,β-unsaturated/α-hetero) is 2. The van der Waals surface area contributed by atoms with Gasteiger partial charge in [-0.2, -0.15) is 0 Å². The lowest BCUT2D eigenvalue weighted by molar-refractivity contribution is -0.114. The minimum Gasteiger partial charge on any atom is -0.384 e. The molecule has 0 spiro atoms. The molecule has 25 heavy (non-hydrogen) atoms. The van der Waals surface area contributed by atoms with Gasteiger partial charge in [0.15, 0.2) is 16.7 Å². The lowest BCUT2D eigenvalue weighted by Gasteiger charge is -2.35. The van der Waals surface area contributed by atoms with Crippen molar-refractivity contribution < 1.29 is 14.4 Å². The van der Waals surface area contributed by atoms with Crippen molar-refractivity contribution in [2.75, 3.05) is 11.1 Å². The number of nitrogen functional groups attached to an aromatic ring is 1. The summed E-state index contributed by atoms with van der Waals surface area (Å²) in [6.45, 7) is 5.13. The van der Waals surface area contributed by atoms with Gasteiger partial charge in [-0.25, -0.2) is 9.97 Å². The number of carbonyl (C=O) groups excluding carboxylic acids is 3. The summed E-state index contributed by atoms with van der Waals surface area (Å²) in [5.74, 6) is -1.30.